The lowest BCUT2D eigenvalue weighted by atomic mass is 9.51. The molecule has 5 fully saturated rings. The smallest absolute Gasteiger partial charge is 0.334 e. The van der Waals surface area contributed by atoms with Crippen LogP contribution >= 0.6 is 0 Å². The van der Waals surface area contributed by atoms with Crippen molar-refractivity contribution >= 4 is 17.8 Å². The van der Waals surface area contributed by atoms with Crippen LogP contribution in [0.3, 0.4) is 0 Å². The van der Waals surface area contributed by atoms with Gasteiger partial charge in [0, 0.05) is 45.8 Å². The summed E-state index contributed by atoms with van der Waals surface area (Å²) in [6.07, 6.45) is 7.82. The first-order chi connectivity index (χ1) is 19.1. The number of aliphatic imine (C=N–C) groups is 1. The van der Waals surface area contributed by atoms with Crippen molar-refractivity contribution in [3.8, 4) is 5.88 Å². The minimum absolute atomic E-state index is 0.0897. The maximum Gasteiger partial charge on any atom is 0.334 e. The van der Waals surface area contributed by atoms with E-state index in [0.29, 0.717) is 52.0 Å². The van der Waals surface area contributed by atoms with E-state index >= 15 is 0 Å². The molecule has 2 spiro atoms. The monoisotopic (exact) mass is 556 g/mol. The van der Waals surface area contributed by atoms with Crippen LogP contribution in [-0.4, -0.2) is 81.2 Å². The van der Waals surface area contributed by atoms with Crippen molar-refractivity contribution in [2.24, 2.45) is 28.0 Å². The van der Waals surface area contributed by atoms with Gasteiger partial charge in [-0.2, -0.15) is 0 Å². The van der Waals surface area contributed by atoms with Crippen LogP contribution in [0.25, 0.3) is 0 Å². The Morgan fingerprint density at radius 3 is 2.33 bits per heavy atom. The average Bonchev–Trinajstić information content (AvgIpc) is 3.47. The number of aromatic hydroxyl groups is 1. The lowest BCUT2D eigenvalue weighted by Crippen LogP contribution is -2.64. The molecule has 1 aromatic heterocycles. The van der Waals surface area contributed by atoms with E-state index in [9.17, 15) is 24.3 Å². The summed E-state index contributed by atoms with van der Waals surface area (Å²) in [4.78, 5) is 60.5. The molecule has 218 valence electrons. The van der Waals surface area contributed by atoms with Gasteiger partial charge in [0.2, 0.25) is 5.88 Å². The summed E-state index contributed by atoms with van der Waals surface area (Å²) in [5.74, 6) is -0.101. The third kappa shape index (κ3) is 4.01. The zero-order valence-corrected chi connectivity index (χ0v) is 23.4. The molecule has 3 saturated carbocycles. The molecule has 12 nitrogen and oxygen atoms in total. The lowest BCUT2D eigenvalue weighted by Gasteiger charge is -2.58. The summed E-state index contributed by atoms with van der Waals surface area (Å²) < 4.78 is 8.08. The lowest BCUT2D eigenvalue weighted by molar-refractivity contribution is -0.150. The van der Waals surface area contributed by atoms with Crippen molar-refractivity contribution in [1.82, 2.24) is 18.9 Å². The van der Waals surface area contributed by atoms with Crippen molar-refractivity contribution in [1.29, 1.82) is 0 Å². The van der Waals surface area contributed by atoms with E-state index in [4.69, 9.17) is 10.5 Å². The molecule has 0 aromatic carbocycles. The quantitative estimate of drug-likeness (QED) is 0.305. The second-order valence-corrected chi connectivity index (χ2v) is 12.8. The Hall–Kier alpha value is -3.15. The zero-order valence-electron chi connectivity index (χ0n) is 23.4. The Kier molecular flexibility index (Phi) is 6.59. The molecule has 3 heterocycles. The van der Waals surface area contributed by atoms with E-state index < -0.39 is 22.7 Å². The Balaban J connectivity index is 1.23. The third-order valence-electron chi connectivity index (χ3n) is 10.4. The van der Waals surface area contributed by atoms with Gasteiger partial charge in [0.1, 0.15) is 16.9 Å². The van der Waals surface area contributed by atoms with Crippen molar-refractivity contribution in [3.05, 3.63) is 26.4 Å². The Morgan fingerprint density at radius 1 is 1.05 bits per heavy atom. The number of nitrogens with two attached hydrogens (primary N) is 1. The molecule has 2 aliphatic heterocycles. The highest BCUT2D eigenvalue weighted by molar-refractivity contribution is 6.07. The predicted octanol–water partition coefficient (Wildman–Crippen LogP) is 1.42. The molecule has 1 atom stereocenters. The van der Waals surface area contributed by atoms with Gasteiger partial charge < -0.3 is 20.5 Å². The molecule has 0 unspecified atom stereocenters. The van der Waals surface area contributed by atoms with Crippen LogP contribution in [0.4, 0.5) is 4.79 Å². The number of hydrogen-bond acceptors (Lipinski definition) is 7. The van der Waals surface area contributed by atoms with Crippen LogP contribution in [0.15, 0.2) is 14.6 Å². The van der Waals surface area contributed by atoms with Gasteiger partial charge in [0.05, 0.1) is 6.61 Å². The van der Waals surface area contributed by atoms with Gasteiger partial charge in [-0.1, -0.05) is 6.42 Å². The van der Waals surface area contributed by atoms with Crippen molar-refractivity contribution in [2.75, 3.05) is 33.9 Å². The Labute approximate surface area is 232 Å². The SMILES string of the molecule is CN=C(N)c1c(O)n(CC2CCC2)c(=O)n(C2CCC3(CC2)CC2(C3)C(=O)N(C)C(=O)N2C[C@H]2CCOC2)c1=O. The number of ether oxygens (including phenoxy) is 1. The second kappa shape index (κ2) is 9.74. The molecule has 0 bridgehead atoms. The van der Waals surface area contributed by atoms with E-state index in [2.05, 4.69) is 4.99 Å². The van der Waals surface area contributed by atoms with Gasteiger partial charge in [-0.25, -0.2) is 9.59 Å². The number of nitrogens with zero attached hydrogens (tertiary/aromatic N) is 5. The van der Waals surface area contributed by atoms with Crippen LogP contribution in [0.5, 0.6) is 5.88 Å². The topological polar surface area (TPSA) is 152 Å². The maximum atomic E-state index is 13.6. The molecule has 0 radical (unpaired) electrons. The summed E-state index contributed by atoms with van der Waals surface area (Å²) >= 11 is 0. The van der Waals surface area contributed by atoms with E-state index in [0.717, 1.165) is 38.5 Å². The second-order valence-electron chi connectivity index (χ2n) is 12.8. The first-order valence-electron chi connectivity index (χ1n) is 14.6. The van der Waals surface area contributed by atoms with Crippen LogP contribution in [0.1, 0.15) is 75.8 Å². The highest BCUT2D eigenvalue weighted by Gasteiger charge is 2.68. The molecule has 40 heavy (non-hydrogen) atoms. The molecule has 2 saturated heterocycles. The summed E-state index contributed by atoms with van der Waals surface area (Å²) in [6, 6.07) is -0.569. The predicted molar refractivity (Wildman–Crippen MR) is 146 cm³/mol. The summed E-state index contributed by atoms with van der Waals surface area (Å²) in [5.41, 5.74) is 3.88. The number of amides is 3. The Bertz CT molecular complexity index is 1350. The number of carbonyl (C=O) groups excluding carboxylic acids is 2. The fourth-order valence-electron chi connectivity index (χ4n) is 7.89. The van der Waals surface area contributed by atoms with Crippen LogP contribution < -0.4 is 17.0 Å². The molecule has 5 aliphatic rings. The summed E-state index contributed by atoms with van der Waals surface area (Å²) in [7, 11) is 3.01. The zero-order chi connectivity index (χ0) is 28.4. The molecule has 1 aromatic rings. The van der Waals surface area contributed by atoms with Gasteiger partial charge in [-0.3, -0.25) is 28.6 Å². The largest absolute Gasteiger partial charge is 0.494 e. The van der Waals surface area contributed by atoms with Crippen molar-refractivity contribution < 1.29 is 19.4 Å². The number of urea groups is 1. The van der Waals surface area contributed by atoms with Gasteiger partial charge >= 0.3 is 11.7 Å². The van der Waals surface area contributed by atoms with Crippen LogP contribution in [0.2, 0.25) is 0 Å². The van der Waals surface area contributed by atoms with Crippen molar-refractivity contribution in [2.45, 2.75) is 82.3 Å². The number of imide groups is 1. The first kappa shape index (κ1) is 27.0. The molecular weight excluding hydrogens is 516 g/mol. The fourth-order valence-corrected chi connectivity index (χ4v) is 7.89. The standard InChI is InChI=1S/C28H40N6O6/c1-30-21(29)20-22(35)32(12-17-4-3-5-17)26(39)34(23(20)36)19-6-9-27(10-7-19)15-28(16-27)24(37)31(2)25(38)33(28)13-18-8-11-40-14-18/h17-19,35H,3-16H2,1-2H3,(H2,29,30)/t18-,19?,27?,28?/m1/s1. The maximum absolute atomic E-state index is 13.6. The summed E-state index contributed by atoms with van der Waals surface area (Å²) in [5, 5.41) is 10.9. The fraction of sp³-hybridized carbons (Fsp3) is 0.750. The van der Waals surface area contributed by atoms with E-state index in [1.807, 2.05) is 0 Å². The minimum atomic E-state index is -0.800. The molecule has 3 aliphatic carbocycles. The Morgan fingerprint density at radius 2 is 1.75 bits per heavy atom. The first-order valence-corrected chi connectivity index (χ1v) is 14.6. The number of carbonyl (C=O) groups is 2. The number of amidine groups is 1. The molecule has 3 amide bonds. The van der Waals surface area contributed by atoms with Crippen LogP contribution in [0, 0.1) is 17.3 Å². The number of likely N-dealkylation sites (N-methyl/N-ethyl adjacent to an activating group) is 1. The van der Waals surface area contributed by atoms with Gasteiger partial charge in [0.15, 0.2) is 0 Å². The number of hydrogen-bond donors (Lipinski definition) is 2. The average molecular weight is 557 g/mol. The normalized spacial score (nSPS) is 32.8. The van der Waals surface area contributed by atoms with E-state index in [1.165, 1.54) is 21.1 Å². The molecule has 12 heteroatoms. The molecule has 3 N–H and O–H groups in total. The van der Waals surface area contributed by atoms with Crippen molar-refractivity contribution in [3.63, 3.8) is 0 Å². The van der Waals surface area contributed by atoms with E-state index in [1.54, 1.807) is 11.9 Å². The third-order valence-corrected chi connectivity index (χ3v) is 10.4. The van der Waals surface area contributed by atoms with Crippen LogP contribution in [-0.2, 0) is 16.1 Å². The van der Waals surface area contributed by atoms with E-state index in [-0.39, 0.29) is 46.6 Å². The van der Waals surface area contributed by atoms with Gasteiger partial charge in [-0.05, 0) is 69.1 Å². The summed E-state index contributed by atoms with van der Waals surface area (Å²) in [6.45, 7) is 2.17. The number of rotatable bonds is 6. The number of aromatic nitrogens is 2. The van der Waals surface area contributed by atoms with Gasteiger partial charge in [0.25, 0.3) is 11.5 Å². The molecular formula is C28H40N6O6. The molecule has 6 rings (SSSR count). The minimum Gasteiger partial charge on any atom is -0.494 e. The highest BCUT2D eigenvalue weighted by atomic mass is 16.5. The highest BCUT2D eigenvalue weighted by Crippen LogP contribution is 2.62. The van der Waals surface area contributed by atoms with Gasteiger partial charge in [-0.15, -0.1) is 0 Å².